The van der Waals surface area contributed by atoms with Gasteiger partial charge in [0, 0.05) is 23.6 Å². The van der Waals surface area contributed by atoms with Gasteiger partial charge >= 0.3 is 5.69 Å². The molecule has 0 saturated heterocycles. The molecule has 0 aliphatic rings. The van der Waals surface area contributed by atoms with Crippen LogP contribution in [0.5, 0.6) is 5.75 Å². The largest absolute Gasteiger partial charge is 0.507 e. The van der Waals surface area contributed by atoms with Crippen LogP contribution in [0.15, 0.2) is 37.4 Å². The molecule has 3 aromatic rings. The van der Waals surface area contributed by atoms with Crippen LogP contribution in [0.4, 0.5) is 5.95 Å². The first-order chi connectivity index (χ1) is 13.4. The average Bonchev–Trinajstić information content (AvgIpc) is 3.02. The smallest absolute Gasteiger partial charge is 0.329 e. The third-order valence-corrected chi connectivity index (χ3v) is 4.84. The van der Waals surface area contributed by atoms with Crippen LogP contribution in [-0.2, 0) is 13.6 Å². The fourth-order valence-electron chi connectivity index (χ4n) is 2.85. The number of rotatable bonds is 7. The van der Waals surface area contributed by atoms with Crippen molar-refractivity contribution in [3.63, 3.8) is 0 Å². The molecule has 2 heterocycles. The van der Waals surface area contributed by atoms with Crippen molar-refractivity contribution in [3.05, 3.63) is 49.1 Å². The molecular formula is C18H21BrN6O3. The highest BCUT2D eigenvalue weighted by Gasteiger charge is 2.16. The number of aromatic amines is 1. The van der Waals surface area contributed by atoms with Gasteiger partial charge in [-0.3, -0.25) is 14.3 Å². The van der Waals surface area contributed by atoms with Crippen molar-refractivity contribution in [2.24, 2.45) is 12.1 Å². The highest BCUT2D eigenvalue weighted by molar-refractivity contribution is 9.10. The number of benzene rings is 1. The van der Waals surface area contributed by atoms with E-state index in [0.717, 1.165) is 23.7 Å². The van der Waals surface area contributed by atoms with E-state index in [1.807, 2.05) is 0 Å². The number of hydrazone groups is 1. The highest BCUT2D eigenvalue weighted by Crippen LogP contribution is 2.21. The van der Waals surface area contributed by atoms with E-state index < -0.39 is 11.2 Å². The Morgan fingerprint density at radius 3 is 2.89 bits per heavy atom. The zero-order chi connectivity index (χ0) is 20.3. The molecule has 148 valence electrons. The number of halogens is 1. The number of unbranched alkanes of at least 4 members (excludes halogenated alkanes) is 2. The fraction of sp³-hybridized carbons (Fsp3) is 0.333. The van der Waals surface area contributed by atoms with E-state index in [1.54, 1.807) is 29.8 Å². The molecular weight excluding hydrogens is 428 g/mol. The number of H-pyrrole nitrogens is 1. The summed E-state index contributed by atoms with van der Waals surface area (Å²) in [6.07, 6.45) is 4.34. The number of nitrogens with one attached hydrogen (secondary N) is 2. The summed E-state index contributed by atoms with van der Waals surface area (Å²) in [4.78, 5) is 30.9. The Bertz CT molecular complexity index is 1140. The quantitative estimate of drug-likeness (QED) is 0.291. The van der Waals surface area contributed by atoms with E-state index in [4.69, 9.17) is 0 Å². The normalized spacial score (nSPS) is 11.5. The van der Waals surface area contributed by atoms with Gasteiger partial charge in [0.1, 0.15) is 5.75 Å². The van der Waals surface area contributed by atoms with Crippen LogP contribution < -0.4 is 16.7 Å². The molecule has 9 nitrogen and oxygen atoms in total. The van der Waals surface area contributed by atoms with E-state index in [9.17, 15) is 14.7 Å². The minimum absolute atomic E-state index is 0.0871. The number of imidazole rings is 1. The predicted molar refractivity (Wildman–Crippen MR) is 112 cm³/mol. The fourth-order valence-corrected chi connectivity index (χ4v) is 3.22. The predicted octanol–water partition coefficient (Wildman–Crippen LogP) is 2.53. The highest BCUT2D eigenvalue weighted by atomic mass is 79.9. The van der Waals surface area contributed by atoms with Gasteiger partial charge in [-0.1, -0.05) is 35.7 Å². The van der Waals surface area contributed by atoms with Crippen LogP contribution in [0, 0.1) is 0 Å². The van der Waals surface area contributed by atoms with Gasteiger partial charge in [-0.25, -0.2) is 10.2 Å². The second-order valence-electron chi connectivity index (χ2n) is 6.36. The van der Waals surface area contributed by atoms with Gasteiger partial charge in [-0.05, 0) is 24.6 Å². The zero-order valence-electron chi connectivity index (χ0n) is 15.6. The maximum Gasteiger partial charge on any atom is 0.329 e. The molecule has 0 unspecified atom stereocenters. The Morgan fingerprint density at radius 2 is 2.14 bits per heavy atom. The Hall–Kier alpha value is -2.88. The first-order valence-electron chi connectivity index (χ1n) is 8.89. The zero-order valence-corrected chi connectivity index (χ0v) is 17.2. The summed E-state index contributed by atoms with van der Waals surface area (Å²) >= 11 is 3.35. The number of aromatic nitrogens is 4. The van der Waals surface area contributed by atoms with Crippen LogP contribution in [-0.4, -0.2) is 30.4 Å². The second kappa shape index (κ2) is 8.42. The molecule has 3 rings (SSSR count). The molecule has 0 saturated carbocycles. The minimum Gasteiger partial charge on any atom is -0.507 e. The van der Waals surface area contributed by atoms with Crippen molar-refractivity contribution < 1.29 is 5.11 Å². The van der Waals surface area contributed by atoms with Crippen molar-refractivity contribution in [1.82, 2.24) is 19.1 Å². The standard InChI is InChI=1S/C18H21BrN6O3/c1-3-4-5-8-25-14-15(24(2)18(28)22-16(14)27)21-17(25)23-20-10-11-9-12(19)6-7-13(11)26/h6-7,9-10,26H,3-5,8H2,1-2H3,(H,21,23)(H,22,27,28). The van der Waals surface area contributed by atoms with Gasteiger partial charge in [0.05, 0.1) is 6.21 Å². The van der Waals surface area contributed by atoms with E-state index in [-0.39, 0.29) is 11.4 Å². The van der Waals surface area contributed by atoms with E-state index in [0.29, 0.717) is 23.6 Å². The van der Waals surface area contributed by atoms with E-state index in [1.165, 1.54) is 10.8 Å². The summed E-state index contributed by atoms with van der Waals surface area (Å²) in [5, 5.41) is 14.0. The second-order valence-corrected chi connectivity index (χ2v) is 7.27. The molecule has 0 spiro atoms. The number of nitrogens with zero attached hydrogens (tertiary/aromatic N) is 4. The lowest BCUT2D eigenvalue weighted by molar-refractivity contribution is 0.474. The number of anilines is 1. The molecule has 3 N–H and O–H groups in total. The van der Waals surface area contributed by atoms with Gasteiger partial charge in [-0.15, -0.1) is 0 Å². The van der Waals surface area contributed by atoms with Gasteiger partial charge in [0.15, 0.2) is 11.2 Å². The molecule has 10 heteroatoms. The molecule has 0 fully saturated rings. The first kappa shape index (κ1) is 19.9. The van der Waals surface area contributed by atoms with Crippen molar-refractivity contribution in [3.8, 4) is 5.75 Å². The summed E-state index contributed by atoms with van der Waals surface area (Å²) in [6.45, 7) is 2.65. The Labute approximate surface area is 168 Å². The molecule has 0 radical (unpaired) electrons. The molecule has 0 aliphatic carbocycles. The summed E-state index contributed by atoms with van der Waals surface area (Å²) in [5.74, 6) is 0.438. The molecule has 28 heavy (non-hydrogen) atoms. The summed E-state index contributed by atoms with van der Waals surface area (Å²) in [7, 11) is 1.55. The number of aromatic hydroxyl groups is 1. The summed E-state index contributed by atoms with van der Waals surface area (Å²) < 4.78 is 3.82. The Morgan fingerprint density at radius 1 is 1.36 bits per heavy atom. The van der Waals surface area contributed by atoms with Crippen LogP contribution in [0.3, 0.4) is 0 Å². The topological polar surface area (TPSA) is 117 Å². The molecule has 0 atom stereocenters. The van der Waals surface area contributed by atoms with Gasteiger partial charge < -0.3 is 9.67 Å². The van der Waals surface area contributed by atoms with Crippen LogP contribution in [0.2, 0.25) is 0 Å². The third kappa shape index (κ3) is 4.01. The maximum absolute atomic E-state index is 12.4. The minimum atomic E-state index is -0.523. The van der Waals surface area contributed by atoms with E-state index >= 15 is 0 Å². The van der Waals surface area contributed by atoms with Crippen molar-refractivity contribution in [1.29, 1.82) is 0 Å². The Balaban J connectivity index is 2.00. The monoisotopic (exact) mass is 448 g/mol. The average molecular weight is 449 g/mol. The SMILES string of the molecule is CCCCCn1c(NN=Cc2cc(Br)ccc2O)nc2c1c(=O)[nH]c(=O)n2C. The lowest BCUT2D eigenvalue weighted by Crippen LogP contribution is -2.29. The number of phenols is 1. The Kier molecular flexibility index (Phi) is 5.98. The number of aryl methyl sites for hydroxylation is 2. The van der Waals surface area contributed by atoms with Gasteiger partial charge in [0.2, 0.25) is 5.95 Å². The number of hydrogen-bond acceptors (Lipinski definition) is 6. The number of fused-ring (bicyclic) bond motifs is 1. The molecule has 2 aromatic heterocycles. The molecule has 0 bridgehead atoms. The number of phenolic OH excluding ortho intramolecular Hbond substituents is 1. The van der Waals surface area contributed by atoms with Crippen molar-refractivity contribution in [2.45, 2.75) is 32.7 Å². The summed E-state index contributed by atoms with van der Waals surface area (Å²) in [6, 6.07) is 5.00. The first-order valence-corrected chi connectivity index (χ1v) is 9.68. The molecule has 0 aliphatic heterocycles. The number of hydrogen-bond donors (Lipinski definition) is 3. The van der Waals surface area contributed by atoms with Crippen molar-refractivity contribution in [2.75, 3.05) is 5.43 Å². The maximum atomic E-state index is 12.4. The molecule has 0 amide bonds. The van der Waals surface area contributed by atoms with Crippen molar-refractivity contribution >= 4 is 39.3 Å². The van der Waals surface area contributed by atoms with Gasteiger partial charge in [0.25, 0.3) is 5.56 Å². The van der Waals surface area contributed by atoms with Crippen LogP contribution in [0.1, 0.15) is 31.7 Å². The van der Waals surface area contributed by atoms with E-state index in [2.05, 4.69) is 43.3 Å². The molecule has 1 aromatic carbocycles. The lowest BCUT2D eigenvalue weighted by Gasteiger charge is -2.07. The van der Waals surface area contributed by atoms with Crippen LogP contribution in [0.25, 0.3) is 11.2 Å². The van der Waals surface area contributed by atoms with Crippen LogP contribution >= 0.6 is 15.9 Å². The third-order valence-electron chi connectivity index (χ3n) is 4.35. The van der Waals surface area contributed by atoms with Gasteiger partial charge in [-0.2, -0.15) is 10.1 Å². The lowest BCUT2D eigenvalue weighted by atomic mass is 10.2. The summed E-state index contributed by atoms with van der Waals surface area (Å²) in [5.41, 5.74) is 2.94.